The lowest BCUT2D eigenvalue weighted by molar-refractivity contribution is 0.0955. The summed E-state index contributed by atoms with van der Waals surface area (Å²) in [6.45, 7) is 6.01. The van der Waals surface area contributed by atoms with Gasteiger partial charge in [-0.25, -0.2) is 4.79 Å². The minimum Gasteiger partial charge on any atom is -0.497 e. The van der Waals surface area contributed by atoms with E-state index in [1.54, 1.807) is 27.1 Å². The topological polar surface area (TPSA) is 82.3 Å². The molecule has 1 N–H and O–H groups in total. The monoisotopic (exact) mass is 399 g/mol. The SMILES string of the molecule is C=C(C)Cn1c(=O)c2cc(C(=O)NCc3ccc(OC)cc3)sc2n(C)c1=O. The van der Waals surface area contributed by atoms with E-state index < -0.39 is 11.2 Å². The molecular weight excluding hydrogens is 378 g/mol. The molecule has 0 saturated heterocycles. The van der Waals surface area contributed by atoms with Gasteiger partial charge in [0.1, 0.15) is 10.6 Å². The zero-order chi connectivity index (χ0) is 20.4. The third kappa shape index (κ3) is 3.77. The van der Waals surface area contributed by atoms with Crippen molar-refractivity contribution < 1.29 is 9.53 Å². The molecule has 0 aliphatic carbocycles. The predicted molar refractivity (Wildman–Crippen MR) is 110 cm³/mol. The number of thiophene rings is 1. The summed E-state index contributed by atoms with van der Waals surface area (Å²) >= 11 is 1.12. The van der Waals surface area contributed by atoms with Crippen LogP contribution in [0.3, 0.4) is 0 Å². The van der Waals surface area contributed by atoms with E-state index in [2.05, 4.69) is 11.9 Å². The second-order valence-electron chi connectivity index (χ2n) is 6.55. The van der Waals surface area contributed by atoms with Gasteiger partial charge in [-0.1, -0.05) is 24.3 Å². The number of carbonyl (C=O) groups is 1. The number of fused-ring (bicyclic) bond motifs is 1. The number of carbonyl (C=O) groups excluding carboxylic acids is 1. The van der Waals surface area contributed by atoms with Crippen LogP contribution >= 0.6 is 11.3 Å². The maximum Gasteiger partial charge on any atom is 0.332 e. The van der Waals surface area contributed by atoms with E-state index >= 15 is 0 Å². The summed E-state index contributed by atoms with van der Waals surface area (Å²) in [4.78, 5) is 38.5. The molecule has 0 aliphatic rings. The molecule has 0 atom stereocenters. The first-order valence-corrected chi connectivity index (χ1v) is 9.42. The van der Waals surface area contributed by atoms with Gasteiger partial charge in [-0.2, -0.15) is 0 Å². The largest absolute Gasteiger partial charge is 0.497 e. The van der Waals surface area contributed by atoms with Crippen LogP contribution in [0.4, 0.5) is 0 Å². The van der Waals surface area contributed by atoms with Crippen LogP contribution in [0.15, 0.2) is 52.1 Å². The summed E-state index contributed by atoms with van der Waals surface area (Å²) < 4.78 is 7.64. The van der Waals surface area contributed by atoms with Gasteiger partial charge in [0.2, 0.25) is 0 Å². The Bertz CT molecular complexity index is 1170. The summed E-state index contributed by atoms with van der Waals surface area (Å²) in [6.07, 6.45) is 0. The van der Waals surface area contributed by atoms with Crippen LogP contribution in [0, 0.1) is 0 Å². The third-order valence-electron chi connectivity index (χ3n) is 4.27. The Kier molecular flexibility index (Phi) is 5.51. The molecule has 1 amide bonds. The first-order chi connectivity index (χ1) is 13.3. The number of methoxy groups -OCH3 is 1. The van der Waals surface area contributed by atoms with Crippen molar-refractivity contribution in [1.82, 2.24) is 14.5 Å². The summed E-state index contributed by atoms with van der Waals surface area (Å²) in [6, 6.07) is 8.91. The smallest absolute Gasteiger partial charge is 0.332 e. The highest BCUT2D eigenvalue weighted by Crippen LogP contribution is 2.22. The summed E-state index contributed by atoms with van der Waals surface area (Å²) in [7, 11) is 3.18. The molecule has 146 valence electrons. The fourth-order valence-corrected chi connectivity index (χ4v) is 3.84. The van der Waals surface area contributed by atoms with Gasteiger partial charge in [0.15, 0.2) is 0 Å². The quantitative estimate of drug-likeness (QED) is 0.645. The van der Waals surface area contributed by atoms with Gasteiger partial charge in [-0.15, -0.1) is 11.3 Å². The van der Waals surface area contributed by atoms with E-state index in [-0.39, 0.29) is 12.5 Å². The molecule has 0 unspecified atom stereocenters. The Morgan fingerprint density at radius 2 is 1.93 bits per heavy atom. The van der Waals surface area contributed by atoms with Crippen molar-refractivity contribution in [1.29, 1.82) is 0 Å². The van der Waals surface area contributed by atoms with Crippen molar-refractivity contribution in [2.75, 3.05) is 7.11 Å². The zero-order valence-corrected chi connectivity index (χ0v) is 16.8. The number of ether oxygens (including phenoxy) is 1. The van der Waals surface area contributed by atoms with Gasteiger partial charge in [0.25, 0.3) is 11.5 Å². The number of nitrogens with zero attached hydrogens (tertiary/aromatic N) is 2. The lowest BCUT2D eigenvalue weighted by Crippen LogP contribution is -2.38. The number of allylic oxidation sites excluding steroid dienone is 1. The van der Waals surface area contributed by atoms with Crippen LogP contribution < -0.4 is 21.3 Å². The Morgan fingerprint density at radius 1 is 1.25 bits per heavy atom. The van der Waals surface area contributed by atoms with Crippen LogP contribution in [-0.4, -0.2) is 22.2 Å². The molecule has 0 aliphatic heterocycles. The van der Waals surface area contributed by atoms with Crippen molar-refractivity contribution in [3.05, 3.63) is 73.8 Å². The molecule has 8 heteroatoms. The van der Waals surface area contributed by atoms with Crippen LogP contribution in [0.2, 0.25) is 0 Å². The van der Waals surface area contributed by atoms with E-state index in [0.29, 0.717) is 27.2 Å². The normalized spacial score (nSPS) is 10.8. The molecule has 28 heavy (non-hydrogen) atoms. The van der Waals surface area contributed by atoms with Crippen LogP contribution in [0.1, 0.15) is 22.2 Å². The van der Waals surface area contributed by atoms with E-state index in [1.165, 1.54) is 4.57 Å². The molecule has 0 radical (unpaired) electrons. The molecule has 2 heterocycles. The summed E-state index contributed by atoms with van der Waals surface area (Å²) in [5, 5.41) is 3.18. The highest BCUT2D eigenvalue weighted by molar-refractivity contribution is 7.20. The predicted octanol–water partition coefficient (Wildman–Crippen LogP) is 2.28. The average Bonchev–Trinajstić information content (AvgIpc) is 3.14. The van der Waals surface area contributed by atoms with Gasteiger partial charge in [-0.05, 0) is 30.7 Å². The number of aromatic nitrogens is 2. The second kappa shape index (κ2) is 7.85. The third-order valence-corrected chi connectivity index (χ3v) is 5.48. The van der Waals surface area contributed by atoms with Crippen molar-refractivity contribution in [2.24, 2.45) is 7.05 Å². The number of aryl methyl sites for hydroxylation is 1. The number of hydrogen-bond donors (Lipinski definition) is 1. The van der Waals surface area contributed by atoms with Gasteiger partial charge in [-0.3, -0.25) is 18.7 Å². The Morgan fingerprint density at radius 3 is 2.54 bits per heavy atom. The Hall–Kier alpha value is -3.13. The minimum atomic E-state index is -0.424. The van der Waals surface area contributed by atoms with Crippen molar-refractivity contribution in [3.8, 4) is 5.75 Å². The number of hydrogen-bond acceptors (Lipinski definition) is 5. The van der Waals surface area contributed by atoms with Gasteiger partial charge in [0, 0.05) is 13.6 Å². The Balaban J connectivity index is 1.88. The molecule has 0 fully saturated rings. The average molecular weight is 399 g/mol. The molecular formula is C20H21N3O4S. The summed E-state index contributed by atoms with van der Waals surface area (Å²) in [5.41, 5.74) is 0.789. The molecule has 3 rings (SSSR count). The summed E-state index contributed by atoms with van der Waals surface area (Å²) in [5.74, 6) is 0.446. The molecule has 1 aromatic carbocycles. The molecule has 3 aromatic rings. The first-order valence-electron chi connectivity index (χ1n) is 8.60. The molecule has 0 saturated carbocycles. The fraction of sp³-hybridized carbons (Fsp3) is 0.250. The highest BCUT2D eigenvalue weighted by Gasteiger charge is 2.17. The van der Waals surface area contributed by atoms with Crippen molar-refractivity contribution in [3.63, 3.8) is 0 Å². The number of rotatable bonds is 6. The van der Waals surface area contributed by atoms with Crippen molar-refractivity contribution >= 4 is 27.5 Å². The highest BCUT2D eigenvalue weighted by atomic mass is 32.1. The van der Waals surface area contributed by atoms with E-state index in [0.717, 1.165) is 27.2 Å². The van der Waals surface area contributed by atoms with E-state index in [1.807, 2.05) is 24.3 Å². The zero-order valence-electron chi connectivity index (χ0n) is 15.9. The molecule has 0 spiro atoms. The van der Waals surface area contributed by atoms with Crippen LogP contribution in [-0.2, 0) is 20.1 Å². The van der Waals surface area contributed by atoms with E-state index in [9.17, 15) is 14.4 Å². The number of amides is 1. The lowest BCUT2D eigenvalue weighted by atomic mass is 10.2. The van der Waals surface area contributed by atoms with Crippen LogP contribution in [0.5, 0.6) is 5.75 Å². The minimum absolute atomic E-state index is 0.149. The maximum atomic E-state index is 12.7. The van der Waals surface area contributed by atoms with Gasteiger partial charge >= 0.3 is 5.69 Å². The van der Waals surface area contributed by atoms with Gasteiger partial charge in [0.05, 0.1) is 23.9 Å². The molecule has 7 nitrogen and oxygen atoms in total. The fourth-order valence-electron chi connectivity index (χ4n) is 2.82. The number of nitrogens with one attached hydrogen (secondary N) is 1. The second-order valence-corrected chi connectivity index (χ2v) is 7.58. The molecule has 2 aromatic heterocycles. The molecule has 0 bridgehead atoms. The first kappa shape index (κ1) is 19.6. The Labute approximate surface area is 165 Å². The standard InChI is InChI=1S/C20H21N3O4S/c1-12(2)11-23-18(25)15-9-16(28-19(15)22(3)20(23)26)17(24)21-10-13-5-7-14(27-4)8-6-13/h5-9H,1,10-11H2,2-4H3,(H,21,24). The lowest BCUT2D eigenvalue weighted by Gasteiger charge is -2.07. The number of benzene rings is 1. The van der Waals surface area contributed by atoms with Crippen molar-refractivity contribution in [2.45, 2.75) is 20.0 Å². The van der Waals surface area contributed by atoms with Crippen LogP contribution in [0.25, 0.3) is 10.2 Å². The van der Waals surface area contributed by atoms with E-state index in [4.69, 9.17) is 4.74 Å². The maximum absolute atomic E-state index is 12.7. The van der Waals surface area contributed by atoms with Gasteiger partial charge < -0.3 is 10.1 Å².